The van der Waals surface area contributed by atoms with Gasteiger partial charge in [0.25, 0.3) is 0 Å². The fourth-order valence-electron chi connectivity index (χ4n) is 2.65. The molecule has 0 fully saturated rings. The van der Waals surface area contributed by atoms with Crippen LogP contribution in [-0.2, 0) is 14.4 Å². The van der Waals surface area contributed by atoms with E-state index in [-0.39, 0.29) is 31.8 Å². The Morgan fingerprint density at radius 3 is 2.07 bits per heavy atom. The Bertz CT molecular complexity index is 923. The molecule has 0 radical (unpaired) electrons. The number of carbonyl (C=O) groups is 3. The van der Waals surface area contributed by atoms with Crippen molar-refractivity contribution < 1.29 is 24.6 Å². The largest absolute Gasteiger partial charge is 0.481 e. The van der Waals surface area contributed by atoms with Crippen molar-refractivity contribution in [1.29, 1.82) is 0 Å². The highest BCUT2D eigenvalue weighted by Crippen LogP contribution is 2.32. The first kappa shape index (κ1) is 22.5. The summed E-state index contributed by atoms with van der Waals surface area (Å²) in [5, 5.41) is 29.0. The predicted molar refractivity (Wildman–Crippen MR) is 113 cm³/mol. The Balaban J connectivity index is 2.33. The zero-order valence-electron chi connectivity index (χ0n) is 16.8. The maximum atomic E-state index is 11.6. The number of azo groups is 1. The van der Waals surface area contributed by atoms with Gasteiger partial charge >= 0.3 is 11.9 Å². The van der Waals surface area contributed by atoms with Crippen LogP contribution in [-0.4, -0.2) is 41.1 Å². The number of carboxylic acids is 2. The topological polar surface area (TPSA) is 132 Å². The lowest BCUT2D eigenvalue weighted by Crippen LogP contribution is -2.28. The van der Waals surface area contributed by atoms with Crippen LogP contribution in [0.25, 0.3) is 0 Å². The van der Waals surface area contributed by atoms with Gasteiger partial charge in [-0.25, -0.2) is 0 Å². The summed E-state index contributed by atoms with van der Waals surface area (Å²) in [5.74, 6) is -2.27. The van der Waals surface area contributed by atoms with Crippen LogP contribution in [0.4, 0.5) is 22.7 Å². The van der Waals surface area contributed by atoms with Crippen molar-refractivity contribution in [3.8, 4) is 0 Å². The number of amides is 1. The number of hydrogen-bond acceptors (Lipinski definition) is 6. The summed E-state index contributed by atoms with van der Waals surface area (Å²) in [6.45, 7) is 3.59. The van der Waals surface area contributed by atoms with Crippen LogP contribution in [0.2, 0.25) is 0 Å². The van der Waals surface area contributed by atoms with Gasteiger partial charge in [0, 0.05) is 25.7 Å². The number of nitrogens with zero attached hydrogens (tertiary/aromatic N) is 3. The van der Waals surface area contributed by atoms with Crippen LogP contribution in [0.1, 0.15) is 25.3 Å². The van der Waals surface area contributed by atoms with Crippen LogP contribution >= 0.6 is 0 Å². The Kier molecular flexibility index (Phi) is 8.04. The molecule has 1 amide bonds. The number of rotatable bonds is 10. The van der Waals surface area contributed by atoms with E-state index in [0.717, 1.165) is 5.56 Å². The molecule has 0 bridgehead atoms. The van der Waals surface area contributed by atoms with Crippen molar-refractivity contribution in [2.45, 2.75) is 26.7 Å². The van der Waals surface area contributed by atoms with Gasteiger partial charge in [0.1, 0.15) is 5.69 Å². The van der Waals surface area contributed by atoms with E-state index in [4.69, 9.17) is 10.2 Å². The zero-order chi connectivity index (χ0) is 22.1. The first-order valence-electron chi connectivity index (χ1n) is 9.33. The van der Waals surface area contributed by atoms with Crippen molar-refractivity contribution >= 4 is 40.6 Å². The van der Waals surface area contributed by atoms with Crippen LogP contribution in [0.5, 0.6) is 0 Å². The van der Waals surface area contributed by atoms with Gasteiger partial charge in [-0.15, -0.1) is 5.11 Å². The molecule has 2 aromatic rings. The third-order valence-electron chi connectivity index (χ3n) is 4.15. The van der Waals surface area contributed by atoms with E-state index in [1.54, 1.807) is 23.1 Å². The second-order valence-corrected chi connectivity index (χ2v) is 6.69. The SMILES string of the molecule is CC(=O)Nc1cc(N(CCC(=O)O)CCC(=O)O)ccc1N=Nc1ccc(C)cc1. The average molecular weight is 412 g/mol. The molecular formula is C21H24N4O5. The predicted octanol–water partition coefficient (Wildman–Crippen LogP) is 4.12. The number of anilines is 2. The molecule has 158 valence electrons. The summed E-state index contributed by atoms with van der Waals surface area (Å²) < 4.78 is 0. The van der Waals surface area contributed by atoms with Crippen LogP contribution in [0.3, 0.4) is 0 Å². The van der Waals surface area contributed by atoms with E-state index in [1.165, 1.54) is 6.92 Å². The number of hydrogen-bond donors (Lipinski definition) is 3. The van der Waals surface area contributed by atoms with E-state index in [2.05, 4.69) is 15.5 Å². The number of carboxylic acid groups (broad SMARTS) is 2. The molecule has 0 saturated heterocycles. The third kappa shape index (κ3) is 7.34. The molecule has 9 heteroatoms. The first-order valence-corrected chi connectivity index (χ1v) is 9.33. The minimum atomic E-state index is -0.985. The average Bonchev–Trinajstić information content (AvgIpc) is 2.67. The monoisotopic (exact) mass is 412 g/mol. The van der Waals surface area contributed by atoms with E-state index in [9.17, 15) is 14.4 Å². The second kappa shape index (κ2) is 10.7. The number of aliphatic carboxylic acids is 2. The highest BCUT2D eigenvalue weighted by atomic mass is 16.4. The van der Waals surface area contributed by atoms with E-state index in [0.29, 0.717) is 22.7 Å². The maximum absolute atomic E-state index is 11.6. The molecule has 0 spiro atoms. The summed E-state index contributed by atoms with van der Waals surface area (Å²) in [6.07, 6.45) is -0.298. The molecule has 0 aromatic heterocycles. The van der Waals surface area contributed by atoms with Crippen molar-refractivity contribution in [1.82, 2.24) is 0 Å². The second-order valence-electron chi connectivity index (χ2n) is 6.69. The van der Waals surface area contributed by atoms with Gasteiger partial charge in [-0.1, -0.05) is 17.7 Å². The van der Waals surface area contributed by atoms with Crippen LogP contribution in [0, 0.1) is 6.92 Å². The molecule has 0 saturated carbocycles. The summed E-state index contributed by atoms with van der Waals surface area (Å²) >= 11 is 0. The quantitative estimate of drug-likeness (QED) is 0.503. The molecule has 0 atom stereocenters. The van der Waals surface area contributed by atoms with Gasteiger partial charge in [-0.05, 0) is 37.3 Å². The number of nitrogens with one attached hydrogen (secondary N) is 1. The molecule has 0 aliphatic carbocycles. The Hall–Kier alpha value is -3.75. The highest BCUT2D eigenvalue weighted by molar-refractivity contribution is 5.93. The van der Waals surface area contributed by atoms with E-state index >= 15 is 0 Å². The standard InChI is InChI=1S/C21H24N4O5/c1-14-3-5-16(6-4-14)23-24-18-8-7-17(13-19(18)22-15(2)26)25(11-9-20(27)28)12-10-21(29)30/h3-8,13H,9-12H2,1-2H3,(H,22,26)(H,27,28)(H,29,30). The van der Waals surface area contributed by atoms with Gasteiger partial charge in [-0.3, -0.25) is 14.4 Å². The zero-order valence-corrected chi connectivity index (χ0v) is 16.8. The van der Waals surface area contributed by atoms with Gasteiger partial charge in [0.15, 0.2) is 0 Å². The Morgan fingerprint density at radius 1 is 0.933 bits per heavy atom. The van der Waals surface area contributed by atoms with Crippen LogP contribution < -0.4 is 10.2 Å². The van der Waals surface area contributed by atoms with Crippen molar-refractivity contribution in [2.75, 3.05) is 23.3 Å². The van der Waals surface area contributed by atoms with Gasteiger partial charge < -0.3 is 20.4 Å². The molecule has 2 aromatic carbocycles. The lowest BCUT2D eigenvalue weighted by Gasteiger charge is -2.24. The number of benzene rings is 2. The molecule has 0 aliphatic heterocycles. The fraction of sp³-hybridized carbons (Fsp3) is 0.286. The summed E-state index contributed by atoms with van der Waals surface area (Å²) in [6, 6.07) is 12.4. The Morgan fingerprint density at radius 2 is 1.53 bits per heavy atom. The molecular weight excluding hydrogens is 388 g/mol. The van der Waals surface area contributed by atoms with E-state index < -0.39 is 11.9 Å². The summed E-state index contributed by atoms with van der Waals surface area (Å²) in [4.78, 5) is 35.2. The molecule has 0 unspecified atom stereocenters. The minimum absolute atomic E-state index is 0.131. The van der Waals surface area contributed by atoms with Gasteiger partial charge in [0.05, 0.1) is 24.2 Å². The van der Waals surface area contributed by atoms with Gasteiger partial charge in [0.2, 0.25) is 5.91 Å². The molecule has 2 rings (SSSR count). The minimum Gasteiger partial charge on any atom is -0.481 e. The van der Waals surface area contributed by atoms with Crippen molar-refractivity contribution in [2.24, 2.45) is 10.2 Å². The van der Waals surface area contributed by atoms with Gasteiger partial charge in [-0.2, -0.15) is 5.11 Å². The van der Waals surface area contributed by atoms with E-state index in [1.807, 2.05) is 31.2 Å². The smallest absolute Gasteiger partial charge is 0.305 e. The number of aryl methyl sites for hydroxylation is 1. The molecule has 3 N–H and O–H groups in total. The number of carbonyl (C=O) groups excluding carboxylic acids is 1. The normalized spacial score (nSPS) is 10.7. The maximum Gasteiger partial charge on any atom is 0.305 e. The molecule has 0 heterocycles. The summed E-state index contributed by atoms with van der Waals surface area (Å²) in [5.41, 5.74) is 3.15. The molecule has 0 aliphatic rings. The lowest BCUT2D eigenvalue weighted by molar-refractivity contribution is -0.137. The van der Waals surface area contributed by atoms with Crippen molar-refractivity contribution in [3.63, 3.8) is 0 Å². The Labute approximate surface area is 174 Å². The first-order chi connectivity index (χ1) is 14.2. The highest BCUT2D eigenvalue weighted by Gasteiger charge is 2.14. The molecule has 30 heavy (non-hydrogen) atoms. The van der Waals surface area contributed by atoms with Crippen LogP contribution in [0.15, 0.2) is 52.7 Å². The third-order valence-corrected chi connectivity index (χ3v) is 4.15. The van der Waals surface area contributed by atoms with Crippen molar-refractivity contribution in [3.05, 3.63) is 48.0 Å². The lowest BCUT2D eigenvalue weighted by atomic mass is 10.2. The summed E-state index contributed by atoms with van der Waals surface area (Å²) in [7, 11) is 0. The fourth-order valence-corrected chi connectivity index (χ4v) is 2.65. The molecule has 9 nitrogen and oxygen atoms in total.